The number of nitrogens with zero attached hydrogens (tertiary/aromatic N) is 1. The van der Waals surface area contributed by atoms with Gasteiger partial charge in [-0.2, -0.15) is 11.8 Å². The Balaban J connectivity index is 1.91. The largest absolute Gasteiger partial charge is 0.375 e. The smallest absolute Gasteiger partial charge is 0.0860 e. The summed E-state index contributed by atoms with van der Waals surface area (Å²) in [6.45, 7) is 3.91. The molecular formula is C16H20N2OS. The summed E-state index contributed by atoms with van der Waals surface area (Å²) in [7, 11) is 0. The van der Waals surface area contributed by atoms with E-state index in [1.807, 2.05) is 30.1 Å². The lowest BCUT2D eigenvalue weighted by Crippen LogP contribution is -2.38. The normalized spacial score (nSPS) is 20.9. The van der Waals surface area contributed by atoms with Gasteiger partial charge in [0.15, 0.2) is 0 Å². The molecule has 4 heteroatoms. The summed E-state index contributed by atoms with van der Waals surface area (Å²) in [6, 6.07) is 10.7. The van der Waals surface area contributed by atoms with E-state index in [0.29, 0.717) is 0 Å². The van der Waals surface area contributed by atoms with Gasteiger partial charge in [0.1, 0.15) is 0 Å². The van der Waals surface area contributed by atoms with Gasteiger partial charge in [-0.05, 0) is 24.2 Å². The third kappa shape index (κ3) is 2.97. The standard InChI is InChI=1S/C16H20N2OS/c1-2-17-16(15-11-20-8-7-19-15)13-9-12-5-3-4-6-14(12)18-10-13/h3-6,9-10,15-17H,2,7-8,11H2,1H3. The van der Waals surface area contributed by atoms with Crippen molar-refractivity contribution in [2.24, 2.45) is 0 Å². The van der Waals surface area contributed by atoms with Crippen molar-refractivity contribution < 1.29 is 4.74 Å². The molecule has 106 valence electrons. The molecule has 2 heterocycles. The zero-order valence-corrected chi connectivity index (χ0v) is 12.5. The maximum Gasteiger partial charge on any atom is 0.0860 e. The minimum absolute atomic E-state index is 0.227. The molecule has 2 aromatic rings. The van der Waals surface area contributed by atoms with Gasteiger partial charge in [0.2, 0.25) is 0 Å². The average molecular weight is 288 g/mol. The summed E-state index contributed by atoms with van der Waals surface area (Å²) in [4.78, 5) is 4.58. The Labute approximate surface area is 124 Å². The van der Waals surface area contributed by atoms with Crippen LogP contribution in [0.1, 0.15) is 18.5 Å². The summed E-state index contributed by atoms with van der Waals surface area (Å²) in [6.07, 6.45) is 2.22. The van der Waals surface area contributed by atoms with Crippen molar-refractivity contribution in [1.82, 2.24) is 10.3 Å². The first-order valence-electron chi connectivity index (χ1n) is 7.16. The first kappa shape index (κ1) is 13.9. The number of aromatic nitrogens is 1. The molecule has 3 nitrogen and oxygen atoms in total. The molecule has 20 heavy (non-hydrogen) atoms. The fourth-order valence-electron chi connectivity index (χ4n) is 2.64. The number of pyridine rings is 1. The van der Waals surface area contributed by atoms with Gasteiger partial charge in [0.05, 0.1) is 24.3 Å². The molecule has 1 aromatic carbocycles. The van der Waals surface area contributed by atoms with Crippen LogP contribution in [0.4, 0.5) is 0 Å². The summed E-state index contributed by atoms with van der Waals surface area (Å²) in [5, 5.41) is 4.75. The average Bonchev–Trinajstić information content (AvgIpc) is 2.53. The van der Waals surface area contributed by atoms with Crippen LogP contribution in [0.2, 0.25) is 0 Å². The Morgan fingerprint density at radius 2 is 2.35 bits per heavy atom. The fraction of sp³-hybridized carbons (Fsp3) is 0.438. The Morgan fingerprint density at radius 1 is 1.45 bits per heavy atom. The molecule has 1 N–H and O–H groups in total. The number of nitrogens with one attached hydrogen (secondary N) is 1. The Kier molecular flexibility index (Phi) is 4.55. The lowest BCUT2D eigenvalue weighted by molar-refractivity contribution is 0.0472. The Morgan fingerprint density at radius 3 is 3.15 bits per heavy atom. The van der Waals surface area contributed by atoms with Gasteiger partial charge < -0.3 is 10.1 Å². The molecule has 3 rings (SSSR count). The number of para-hydroxylation sites is 1. The maximum absolute atomic E-state index is 5.95. The van der Waals surface area contributed by atoms with Crippen molar-refractivity contribution in [3.05, 3.63) is 42.1 Å². The molecule has 1 fully saturated rings. The first-order chi connectivity index (χ1) is 9.88. The van der Waals surface area contributed by atoms with Gasteiger partial charge in [0, 0.05) is 23.1 Å². The van der Waals surface area contributed by atoms with Crippen molar-refractivity contribution in [1.29, 1.82) is 0 Å². The minimum atomic E-state index is 0.227. The predicted octanol–water partition coefficient (Wildman–Crippen LogP) is 3.02. The zero-order chi connectivity index (χ0) is 13.8. The summed E-state index contributed by atoms with van der Waals surface area (Å²) in [5.74, 6) is 2.15. The van der Waals surface area contributed by atoms with Crippen LogP contribution >= 0.6 is 11.8 Å². The molecule has 2 atom stereocenters. The molecule has 1 saturated heterocycles. The van der Waals surface area contributed by atoms with E-state index in [1.54, 1.807) is 0 Å². The number of hydrogen-bond donors (Lipinski definition) is 1. The van der Waals surface area contributed by atoms with Crippen LogP contribution in [0.5, 0.6) is 0 Å². The van der Waals surface area contributed by atoms with Crippen LogP contribution in [0.3, 0.4) is 0 Å². The van der Waals surface area contributed by atoms with E-state index in [0.717, 1.165) is 30.2 Å². The molecule has 1 aliphatic rings. The van der Waals surface area contributed by atoms with E-state index < -0.39 is 0 Å². The van der Waals surface area contributed by atoms with E-state index in [9.17, 15) is 0 Å². The van der Waals surface area contributed by atoms with Crippen molar-refractivity contribution in [2.45, 2.75) is 19.1 Å². The second-order valence-electron chi connectivity index (χ2n) is 4.98. The number of rotatable bonds is 4. The van der Waals surface area contributed by atoms with Crippen LogP contribution in [-0.2, 0) is 4.74 Å². The molecule has 1 aromatic heterocycles. The van der Waals surface area contributed by atoms with Gasteiger partial charge in [-0.15, -0.1) is 0 Å². The molecule has 0 saturated carbocycles. The summed E-state index contributed by atoms with van der Waals surface area (Å²) in [5.41, 5.74) is 2.27. The predicted molar refractivity (Wildman–Crippen MR) is 85.2 cm³/mol. The minimum Gasteiger partial charge on any atom is -0.375 e. The molecule has 2 unspecified atom stereocenters. The van der Waals surface area contributed by atoms with Crippen LogP contribution in [-0.4, -0.2) is 35.7 Å². The van der Waals surface area contributed by atoms with Crippen LogP contribution in [0.15, 0.2) is 36.5 Å². The number of hydrogen-bond acceptors (Lipinski definition) is 4. The number of likely N-dealkylation sites (N-methyl/N-ethyl adjacent to an activating group) is 1. The van der Waals surface area contributed by atoms with Gasteiger partial charge in [0.25, 0.3) is 0 Å². The highest BCUT2D eigenvalue weighted by Crippen LogP contribution is 2.27. The van der Waals surface area contributed by atoms with Crippen molar-refractivity contribution in [3.8, 4) is 0 Å². The molecule has 1 aliphatic heterocycles. The van der Waals surface area contributed by atoms with Crippen molar-refractivity contribution >= 4 is 22.7 Å². The lowest BCUT2D eigenvalue weighted by atomic mass is 10.0. The third-order valence-corrected chi connectivity index (χ3v) is 4.63. The second-order valence-corrected chi connectivity index (χ2v) is 6.13. The maximum atomic E-state index is 5.95. The highest BCUT2D eigenvalue weighted by Gasteiger charge is 2.26. The summed E-state index contributed by atoms with van der Waals surface area (Å²) < 4.78 is 5.95. The van der Waals surface area contributed by atoms with Gasteiger partial charge in [-0.25, -0.2) is 0 Å². The molecular weight excluding hydrogens is 268 g/mol. The van der Waals surface area contributed by atoms with Gasteiger partial charge >= 0.3 is 0 Å². The van der Waals surface area contributed by atoms with E-state index in [2.05, 4.69) is 35.4 Å². The van der Waals surface area contributed by atoms with E-state index in [-0.39, 0.29) is 12.1 Å². The van der Waals surface area contributed by atoms with E-state index >= 15 is 0 Å². The zero-order valence-electron chi connectivity index (χ0n) is 11.7. The molecule has 0 radical (unpaired) electrons. The number of thioether (sulfide) groups is 1. The SMILES string of the molecule is CCNC(c1cnc2ccccc2c1)C1CSCCO1. The molecule has 0 bridgehead atoms. The molecule has 0 aliphatic carbocycles. The van der Waals surface area contributed by atoms with Crippen LogP contribution in [0.25, 0.3) is 10.9 Å². The Hall–Kier alpha value is -1.10. The van der Waals surface area contributed by atoms with Gasteiger partial charge in [-0.1, -0.05) is 25.1 Å². The Bertz CT molecular complexity index is 569. The summed E-state index contributed by atoms with van der Waals surface area (Å²) >= 11 is 1.97. The molecule has 0 amide bonds. The topological polar surface area (TPSA) is 34.2 Å². The number of ether oxygens (including phenoxy) is 1. The highest BCUT2D eigenvalue weighted by molar-refractivity contribution is 7.99. The van der Waals surface area contributed by atoms with E-state index in [4.69, 9.17) is 4.74 Å². The second kappa shape index (κ2) is 6.57. The number of benzene rings is 1. The fourth-order valence-corrected chi connectivity index (χ4v) is 3.54. The number of fused-ring (bicyclic) bond motifs is 1. The third-order valence-electron chi connectivity index (χ3n) is 3.61. The van der Waals surface area contributed by atoms with E-state index in [1.165, 1.54) is 10.9 Å². The van der Waals surface area contributed by atoms with Gasteiger partial charge in [-0.3, -0.25) is 4.98 Å². The highest BCUT2D eigenvalue weighted by atomic mass is 32.2. The quantitative estimate of drug-likeness (QED) is 0.938. The van der Waals surface area contributed by atoms with Crippen molar-refractivity contribution in [3.63, 3.8) is 0 Å². The van der Waals surface area contributed by atoms with Crippen LogP contribution < -0.4 is 5.32 Å². The monoisotopic (exact) mass is 288 g/mol. The van der Waals surface area contributed by atoms with Crippen LogP contribution in [0, 0.1) is 0 Å². The van der Waals surface area contributed by atoms with Crippen molar-refractivity contribution in [2.75, 3.05) is 24.7 Å². The lowest BCUT2D eigenvalue weighted by Gasteiger charge is -2.31. The first-order valence-corrected chi connectivity index (χ1v) is 8.31. The molecule has 0 spiro atoms.